The van der Waals surface area contributed by atoms with Gasteiger partial charge in [-0.05, 0) is 49.9 Å². The van der Waals surface area contributed by atoms with Crippen molar-refractivity contribution in [1.29, 1.82) is 0 Å². The molecule has 2 heterocycles. The van der Waals surface area contributed by atoms with Crippen molar-refractivity contribution in [2.24, 2.45) is 0 Å². The van der Waals surface area contributed by atoms with Crippen molar-refractivity contribution in [1.82, 2.24) is 15.0 Å². The fraction of sp³-hybridized carbons (Fsp3) is 0.556. The van der Waals surface area contributed by atoms with Gasteiger partial charge in [0, 0.05) is 12.0 Å². The summed E-state index contributed by atoms with van der Waals surface area (Å²) < 4.78 is 16.2. The molecule has 2 aliphatic rings. The lowest BCUT2D eigenvalue weighted by atomic mass is 10.0. The highest BCUT2D eigenvalue weighted by Gasteiger charge is 2.31. The van der Waals surface area contributed by atoms with E-state index in [4.69, 9.17) is 14.0 Å². The summed E-state index contributed by atoms with van der Waals surface area (Å²) in [6, 6.07) is 6.52. The smallest absolute Gasteiger partial charge is 0.240 e. The summed E-state index contributed by atoms with van der Waals surface area (Å²) in [6.07, 6.45) is 4.68. The number of hydrogen-bond donors (Lipinski definition) is 0. The van der Waals surface area contributed by atoms with Crippen LogP contribution in [0.2, 0.25) is 0 Å². The predicted molar refractivity (Wildman–Crippen MR) is 88.2 cm³/mol. The van der Waals surface area contributed by atoms with Crippen molar-refractivity contribution >= 4 is 0 Å². The van der Waals surface area contributed by atoms with Crippen LogP contribution in [-0.4, -0.2) is 35.8 Å². The number of nitrogens with zero attached hydrogens (tertiary/aromatic N) is 3. The Bertz CT molecular complexity index is 711. The quantitative estimate of drug-likeness (QED) is 0.810. The van der Waals surface area contributed by atoms with E-state index in [2.05, 4.69) is 27.2 Å². The molecule has 4 rings (SSSR count). The van der Waals surface area contributed by atoms with Gasteiger partial charge in [-0.1, -0.05) is 11.2 Å². The molecular formula is C18H23N3O3. The van der Waals surface area contributed by atoms with Gasteiger partial charge in [-0.15, -0.1) is 0 Å². The Kier molecular flexibility index (Phi) is 4.14. The van der Waals surface area contributed by atoms with Gasteiger partial charge in [-0.3, -0.25) is 4.90 Å². The van der Waals surface area contributed by atoms with E-state index in [9.17, 15) is 0 Å². The summed E-state index contributed by atoms with van der Waals surface area (Å²) in [7, 11) is 3.33. The van der Waals surface area contributed by atoms with Crippen LogP contribution in [0.5, 0.6) is 11.5 Å². The standard InChI is InChI=1S/C18H23N3O3/c1-22-15-8-7-13(10-16(15)23-2)14-4-3-9-21(14)11-17-19-18(20-24-17)12-5-6-12/h7-8,10,12,14H,3-6,9,11H2,1-2H3/t14-/m1/s1. The van der Waals surface area contributed by atoms with Gasteiger partial charge in [0.25, 0.3) is 0 Å². The lowest BCUT2D eigenvalue weighted by molar-refractivity contribution is 0.212. The summed E-state index contributed by atoms with van der Waals surface area (Å²) in [5, 5.41) is 4.12. The van der Waals surface area contributed by atoms with Crippen LogP contribution in [0.25, 0.3) is 0 Å². The zero-order valence-corrected chi connectivity index (χ0v) is 14.2. The summed E-state index contributed by atoms with van der Waals surface area (Å²) in [4.78, 5) is 6.97. The summed E-state index contributed by atoms with van der Waals surface area (Å²) in [5.74, 6) is 3.67. The van der Waals surface area contributed by atoms with Gasteiger partial charge in [0.15, 0.2) is 17.3 Å². The number of hydrogen-bond acceptors (Lipinski definition) is 6. The molecule has 1 atom stereocenters. The number of methoxy groups -OCH3 is 2. The fourth-order valence-electron chi connectivity index (χ4n) is 3.47. The number of aromatic nitrogens is 2. The molecule has 1 saturated heterocycles. The minimum Gasteiger partial charge on any atom is -0.493 e. The minimum absolute atomic E-state index is 0.348. The first-order valence-corrected chi connectivity index (χ1v) is 8.57. The second-order valence-corrected chi connectivity index (χ2v) is 6.56. The van der Waals surface area contributed by atoms with Gasteiger partial charge in [0.2, 0.25) is 5.89 Å². The van der Waals surface area contributed by atoms with Crippen molar-refractivity contribution in [3.63, 3.8) is 0 Å². The molecule has 1 aromatic heterocycles. The normalized spacial score (nSPS) is 21.2. The Morgan fingerprint density at radius 3 is 2.75 bits per heavy atom. The first-order chi connectivity index (χ1) is 11.8. The van der Waals surface area contributed by atoms with Crippen LogP contribution in [0.3, 0.4) is 0 Å². The highest BCUT2D eigenvalue weighted by Crippen LogP contribution is 2.39. The third-order valence-corrected chi connectivity index (χ3v) is 4.92. The molecule has 0 spiro atoms. The summed E-state index contributed by atoms with van der Waals surface area (Å²) in [6.45, 7) is 1.75. The van der Waals surface area contributed by atoms with E-state index < -0.39 is 0 Å². The average molecular weight is 329 g/mol. The molecule has 1 saturated carbocycles. The first kappa shape index (κ1) is 15.4. The van der Waals surface area contributed by atoms with E-state index in [0.29, 0.717) is 18.5 Å². The fourth-order valence-corrected chi connectivity index (χ4v) is 3.47. The maximum atomic E-state index is 5.45. The van der Waals surface area contributed by atoms with E-state index in [1.54, 1.807) is 14.2 Å². The van der Waals surface area contributed by atoms with Crippen LogP contribution in [0.4, 0.5) is 0 Å². The van der Waals surface area contributed by atoms with Gasteiger partial charge in [0.1, 0.15) is 0 Å². The first-order valence-electron chi connectivity index (χ1n) is 8.57. The summed E-state index contributed by atoms with van der Waals surface area (Å²) >= 11 is 0. The maximum Gasteiger partial charge on any atom is 0.240 e. The molecule has 24 heavy (non-hydrogen) atoms. The Balaban J connectivity index is 1.51. The lowest BCUT2D eigenvalue weighted by Gasteiger charge is -2.23. The van der Waals surface area contributed by atoms with Crippen molar-refractivity contribution < 1.29 is 14.0 Å². The third kappa shape index (κ3) is 2.98. The van der Waals surface area contributed by atoms with Crippen molar-refractivity contribution in [3.05, 3.63) is 35.5 Å². The molecule has 2 aromatic rings. The van der Waals surface area contributed by atoms with Gasteiger partial charge in [-0.25, -0.2) is 0 Å². The molecule has 128 valence electrons. The number of rotatable bonds is 6. The Labute approximate surface area is 141 Å². The van der Waals surface area contributed by atoms with E-state index in [1.807, 2.05) is 6.07 Å². The Morgan fingerprint density at radius 1 is 1.17 bits per heavy atom. The molecule has 1 aliphatic heterocycles. The van der Waals surface area contributed by atoms with Gasteiger partial charge >= 0.3 is 0 Å². The number of benzene rings is 1. The molecule has 1 aromatic carbocycles. The highest BCUT2D eigenvalue weighted by atomic mass is 16.5. The monoisotopic (exact) mass is 329 g/mol. The van der Waals surface area contributed by atoms with E-state index >= 15 is 0 Å². The number of likely N-dealkylation sites (tertiary alicyclic amines) is 1. The van der Waals surface area contributed by atoms with Crippen molar-refractivity contribution in [2.75, 3.05) is 20.8 Å². The van der Waals surface area contributed by atoms with Crippen LogP contribution in [0, 0.1) is 0 Å². The topological polar surface area (TPSA) is 60.6 Å². The summed E-state index contributed by atoms with van der Waals surface area (Å²) in [5.41, 5.74) is 1.24. The average Bonchev–Trinajstić information content (AvgIpc) is 3.19. The molecule has 2 fully saturated rings. The van der Waals surface area contributed by atoms with Crippen LogP contribution in [0.15, 0.2) is 22.7 Å². The number of ether oxygens (including phenoxy) is 2. The van der Waals surface area contributed by atoms with Crippen LogP contribution < -0.4 is 9.47 Å². The Morgan fingerprint density at radius 2 is 2.00 bits per heavy atom. The second kappa shape index (κ2) is 6.43. The molecule has 6 heteroatoms. The van der Waals surface area contributed by atoms with E-state index in [0.717, 1.165) is 36.2 Å². The predicted octanol–water partition coefficient (Wildman–Crippen LogP) is 3.30. The molecular weight excluding hydrogens is 306 g/mol. The van der Waals surface area contributed by atoms with Crippen molar-refractivity contribution in [3.8, 4) is 11.5 Å². The third-order valence-electron chi connectivity index (χ3n) is 4.92. The molecule has 0 N–H and O–H groups in total. The zero-order chi connectivity index (χ0) is 16.5. The molecule has 0 amide bonds. The van der Waals surface area contributed by atoms with E-state index in [-0.39, 0.29) is 0 Å². The Hall–Kier alpha value is -2.08. The molecule has 0 radical (unpaired) electrons. The SMILES string of the molecule is COc1ccc([C@H]2CCCN2Cc2nc(C3CC3)no2)cc1OC. The van der Waals surface area contributed by atoms with Gasteiger partial charge in [-0.2, -0.15) is 4.98 Å². The van der Waals surface area contributed by atoms with E-state index in [1.165, 1.54) is 24.8 Å². The molecule has 6 nitrogen and oxygen atoms in total. The van der Waals surface area contributed by atoms with Crippen LogP contribution >= 0.6 is 0 Å². The maximum absolute atomic E-state index is 5.45. The molecule has 1 aliphatic carbocycles. The lowest BCUT2D eigenvalue weighted by Crippen LogP contribution is -2.23. The second-order valence-electron chi connectivity index (χ2n) is 6.56. The minimum atomic E-state index is 0.348. The molecule has 0 bridgehead atoms. The van der Waals surface area contributed by atoms with Gasteiger partial charge in [0.05, 0.1) is 20.8 Å². The zero-order valence-electron chi connectivity index (χ0n) is 14.2. The van der Waals surface area contributed by atoms with Crippen LogP contribution in [0.1, 0.15) is 54.9 Å². The largest absolute Gasteiger partial charge is 0.493 e. The van der Waals surface area contributed by atoms with Crippen molar-refractivity contribution in [2.45, 2.75) is 44.2 Å². The molecule has 0 unspecified atom stereocenters. The highest BCUT2D eigenvalue weighted by molar-refractivity contribution is 5.44. The van der Waals surface area contributed by atoms with Gasteiger partial charge < -0.3 is 14.0 Å². The van der Waals surface area contributed by atoms with Crippen LogP contribution in [-0.2, 0) is 6.54 Å².